The maximum Gasteiger partial charge on any atom is 0.191 e. The Morgan fingerprint density at radius 1 is 1.10 bits per heavy atom. The third-order valence-electron chi connectivity index (χ3n) is 5.91. The molecule has 2 unspecified atom stereocenters. The van der Waals surface area contributed by atoms with Crippen molar-refractivity contribution in [1.29, 1.82) is 0 Å². The van der Waals surface area contributed by atoms with Crippen LogP contribution >= 0.6 is 24.0 Å². The first-order valence-electron chi connectivity index (χ1n) is 10.6. The highest BCUT2D eigenvalue weighted by atomic mass is 127. The Kier molecular flexibility index (Phi) is 8.74. The molecule has 2 fully saturated rings. The number of anilines is 1. The minimum atomic E-state index is 0. The number of nitrogens with zero attached hydrogens (tertiary/aromatic N) is 3. The molecule has 0 radical (unpaired) electrons. The molecule has 0 bridgehead atoms. The molecule has 0 spiro atoms. The van der Waals surface area contributed by atoms with Crippen molar-refractivity contribution >= 4 is 35.8 Å². The monoisotopic (exact) mass is 521 g/mol. The van der Waals surface area contributed by atoms with Gasteiger partial charge in [0.15, 0.2) is 5.96 Å². The summed E-state index contributed by atoms with van der Waals surface area (Å²) in [6.45, 7) is 3.71. The molecule has 6 nitrogen and oxygen atoms in total. The van der Waals surface area contributed by atoms with E-state index in [9.17, 15) is 0 Å². The lowest BCUT2D eigenvalue weighted by Gasteiger charge is -2.34. The lowest BCUT2D eigenvalue weighted by atomic mass is 9.95. The van der Waals surface area contributed by atoms with E-state index in [1.165, 1.54) is 5.56 Å². The SMILES string of the molecule is CN=C(NCC1CCOC1c1ccccc1)NC1CCN(c2ccccn2)CC1.I. The van der Waals surface area contributed by atoms with Crippen LogP contribution in [-0.4, -0.2) is 50.3 Å². The van der Waals surface area contributed by atoms with Gasteiger partial charge >= 0.3 is 0 Å². The molecule has 2 aliphatic rings. The molecule has 162 valence electrons. The third kappa shape index (κ3) is 5.85. The lowest BCUT2D eigenvalue weighted by molar-refractivity contribution is 0.0915. The fourth-order valence-electron chi connectivity index (χ4n) is 4.26. The number of piperidine rings is 1. The van der Waals surface area contributed by atoms with E-state index in [1.54, 1.807) is 0 Å². The highest BCUT2D eigenvalue weighted by Crippen LogP contribution is 2.33. The molecule has 2 atom stereocenters. The van der Waals surface area contributed by atoms with Gasteiger partial charge in [0.25, 0.3) is 0 Å². The predicted octanol–water partition coefficient (Wildman–Crippen LogP) is 3.61. The van der Waals surface area contributed by atoms with E-state index in [4.69, 9.17) is 4.74 Å². The van der Waals surface area contributed by atoms with Gasteiger partial charge in [0.1, 0.15) is 5.82 Å². The van der Waals surface area contributed by atoms with Crippen LogP contribution in [0.5, 0.6) is 0 Å². The van der Waals surface area contributed by atoms with Crippen molar-refractivity contribution in [3.05, 3.63) is 60.3 Å². The summed E-state index contributed by atoms with van der Waals surface area (Å²) in [5.41, 5.74) is 1.27. The molecule has 1 aromatic heterocycles. The number of guanidine groups is 1. The number of nitrogens with one attached hydrogen (secondary N) is 2. The largest absolute Gasteiger partial charge is 0.373 e. The molecular weight excluding hydrogens is 489 g/mol. The minimum Gasteiger partial charge on any atom is -0.373 e. The smallest absolute Gasteiger partial charge is 0.191 e. The molecule has 30 heavy (non-hydrogen) atoms. The Labute approximate surface area is 196 Å². The van der Waals surface area contributed by atoms with Crippen LogP contribution in [-0.2, 0) is 4.74 Å². The number of halogens is 1. The molecule has 4 rings (SSSR count). The second-order valence-corrected chi connectivity index (χ2v) is 7.80. The van der Waals surface area contributed by atoms with Crippen molar-refractivity contribution in [3.8, 4) is 0 Å². The number of hydrogen-bond acceptors (Lipinski definition) is 4. The maximum atomic E-state index is 6.01. The van der Waals surface area contributed by atoms with E-state index < -0.39 is 0 Å². The summed E-state index contributed by atoms with van der Waals surface area (Å²) < 4.78 is 6.01. The van der Waals surface area contributed by atoms with Crippen LogP contribution in [0.3, 0.4) is 0 Å². The van der Waals surface area contributed by atoms with E-state index in [2.05, 4.69) is 61.9 Å². The van der Waals surface area contributed by atoms with Crippen LogP contribution in [0.25, 0.3) is 0 Å². The van der Waals surface area contributed by atoms with E-state index in [-0.39, 0.29) is 30.1 Å². The van der Waals surface area contributed by atoms with Gasteiger partial charge in [-0.3, -0.25) is 4.99 Å². The quantitative estimate of drug-likeness (QED) is 0.358. The van der Waals surface area contributed by atoms with E-state index in [0.29, 0.717) is 12.0 Å². The number of rotatable bonds is 5. The summed E-state index contributed by atoms with van der Waals surface area (Å²) in [6.07, 6.45) is 5.27. The van der Waals surface area contributed by atoms with Gasteiger partial charge in [0.2, 0.25) is 0 Å². The second-order valence-electron chi connectivity index (χ2n) is 7.80. The van der Waals surface area contributed by atoms with Crippen LogP contribution in [0.4, 0.5) is 5.82 Å². The standard InChI is InChI=1S/C23H31N5O.HI/c1-24-23(26-17-19-12-16-29-22(19)18-7-3-2-4-8-18)27-20-10-14-28(15-11-20)21-9-5-6-13-25-21;/h2-9,13,19-20,22H,10-12,14-17H2,1H3,(H2,24,26,27);1H. The van der Waals surface area contributed by atoms with Gasteiger partial charge in [-0.25, -0.2) is 4.98 Å². The summed E-state index contributed by atoms with van der Waals surface area (Å²) >= 11 is 0. The van der Waals surface area contributed by atoms with Gasteiger partial charge < -0.3 is 20.3 Å². The molecule has 0 saturated carbocycles. The normalized spacial score (nSPS) is 22.4. The van der Waals surface area contributed by atoms with Crippen LogP contribution in [0.1, 0.15) is 30.9 Å². The van der Waals surface area contributed by atoms with Crippen LogP contribution in [0.15, 0.2) is 59.7 Å². The van der Waals surface area contributed by atoms with E-state index in [0.717, 1.165) is 57.3 Å². The van der Waals surface area contributed by atoms with Crippen molar-refractivity contribution in [2.45, 2.75) is 31.4 Å². The number of aromatic nitrogens is 1. The fraction of sp³-hybridized carbons (Fsp3) is 0.478. The fourth-order valence-corrected chi connectivity index (χ4v) is 4.26. The molecule has 7 heteroatoms. The zero-order chi connectivity index (χ0) is 19.9. The van der Waals surface area contributed by atoms with Crippen molar-refractivity contribution in [2.24, 2.45) is 10.9 Å². The van der Waals surface area contributed by atoms with E-state index in [1.807, 2.05) is 25.4 Å². The highest BCUT2D eigenvalue weighted by Gasteiger charge is 2.29. The first kappa shape index (κ1) is 22.8. The molecular formula is C23H32IN5O. The Morgan fingerprint density at radius 3 is 2.57 bits per heavy atom. The molecule has 0 aliphatic carbocycles. The average Bonchev–Trinajstić information content (AvgIpc) is 3.27. The summed E-state index contributed by atoms with van der Waals surface area (Å²) in [4.78, 5) is 11.3. The van der Waals surface area contributed by atoms with Crippen molar-refractivity contribution in [3.63, 3.8) is 0 Å². The number of hydrogen-bond donors (Lipinski definition) is 2. The zero-order valence-corrected chi connectivity index (χ0v) is 19.9. The number of ether oxygens (including phenoxy) is 1. The van der Waals surface area contributed by atoms with E-state index >= 15 is 0 Å². The Balaban J connectivity index is 0.00000256. The molecule has 3 heterocycles. The number of pyridine rings is 1. The second kappa shape index (κ2) is 11.5. The van der Waals surface area contributed by atoms with Crippen LogP contribution in [0, 0.1) is 5.92 Å². The minimum absolute atomic E-state index is 0. The summed E-state index contributed by atoms with van der Waals surface area (Å²) in [6, 6.07) is 17.1. The number of benzene rings is 1. The third-order valence-corrected chi connectivity index (χ3v) is 5.91. The molecule has 1 aromatic carbocycles. The average molecular weight is 521 g/mol. The lowest BCUT2D eigenvalue weighted by Crippen LogP contribution is -2.49. The maximum absolute atomic E-state index is 6.01. The van der Waals surface area contributed by atoms with Gasteiger partial charge in [0.05, 0.1) is 6.10 Å². The summed E-state index contributed by atoms with van der Waals surface area (Å²) in [7, 11) is 1.85. The van der Waals surface area contributed by atoms with Gasteiger partial charge in [-0.05, 0) is 37.0 Å². The topological polar surface area (TPSA) is 61.8 Å². The van der Waals surface area contributed by atoms with Gasteiger partial charge in [-0.2, -0.15) is 0 Å². The first-order chi connectivity index (χ1) is 14.3. The predicted molar refractivity (Wildman–Crippen MR) is 133 cm³/mol. The zero-order valence-electron chi connectivity index (χ0n) is 17.5. The highest BCUT2D eigenvalue weighted by molar-refractivity contribution is 14.0. The van der Waals surface area contributed by atoms with Gasteiger partial charge in [0, 0.05) is 51.4 Å². The molecule has 2 aromatic rings. The van der Waals surface area contributed by atoms with Gasteiger partial charge in [-0.15, -0.1) is 24.0 Å². The number of aliphatic imine (C=N–C) groups is 1. The van der Waals surface area contributed by atoms with Gasteiger partial charge in [-0.1, -0.05) is 36.4 Å². The Bertz CT molecular complexity index is 781. The van der Waals surface area contributed by atoms with Crippen molar-refractivity contribution in [1.82, 2.24) is 15.6 Å². The molecule has 0 amide bonds. The van der Waals surface area contributed by atoms with Crippen molar-refractivity contribution in [2.75, 3.05) is 38.2 Å². The van der Waals surface area contributed by atoms with Crippen LogP contribution < -0.4 is 15.5 Å². The Morgan fingerprint density at radius 2 is 1.87 bits per heavy atom. The Hall–Kier alpha value is -1.87. The summed E-state index contributed by atoms with van der Waals surface area (Å²) in [5.74, 6) is 2.42. The molecule has 2 N–H and O–H groups in total. The summed E-state index contributed by atoms with van der Waals surface area (Å²) in [5, 5.41) is 7.14. The van der Waals surface area contributed by atoms with Crippen molar-refractivity contribution < 1.29 is 4.74 Å². The van der Waals surface area contributed by atoms with Crippen LogP contribution in [0.2, 0.25) is 0 Å². The molecule has 2 aliphatic heterocycles. The first-order valence-corrected chi connectivity index (χ1v) is 10.6. The molecule has 2 saturated heterocycles.